The molecule has 1 saturated heterocycles. The molecule has 7 heteroatoms. The van der Waals surface area contributed by atoms with Crippen molar-refractivity contribution in [3.8, 4) is 22.8 Å². The SMILES string of the molecule is c1cc(-c2n[nH]c(-c3ccc(N4CCC(OC5CCCCC5)CC4)nc3)n2)cs1. The fraction of sp³-hybridized carbons (Fsp3) is 0.500. The topological polar surface area (TPSA) is 66.9 Å². The maximum absolute atomic E-state index is 6.36. The monoisotopic (exact) mass is 409 g/mol. The fourth-order valence-corrected chi connectivity index (χ4v) is 4.95. The largest absolute Gasteiger partial charge is 0.375 e. The van der Waals surface area contributed by atoms with Gasteiger partial charge in [0.25, 0.3) is 0 Å². The number of H-pyrrole nitrogens is 1. The summed E-state index contributed by atoms with van der Waals surface area (Å²) in [5.41, 5.74) is 2.00. The second-order valence-electron chi connectivity index (χ2n) is 8.01. The van der Waals surface area contributed by atoms with Gasteiger partial charge in [-0.05, 0) is 49.3 Å². The van der Waals surface area contributed by atoms with Gasteiger partial charge in [-0.25, -0.2) is 9.97 Å². The van der Waals surface area contributed by atoms with Gasteiger partial charge >= 0.3 is 0 Å². The predicted molar refractivity (Wildman–Crippen MR) is 116 cm³/mol. The van der Waals surface area contributed by atoms with E-state index in [0.29, 0.717) is 12.2 Å². The molecule has 0 atom stereocenters. The summed E-state index contributed by atoms with van der Waals surface area (Å²) in [6, 6.07) is 6.19. The Bertz CT molecular complexity index is 894. The first kappa shape index (κ1) is 18.8. The minimum atomic E-state index is 0.415. The van der Waals surface area contributed by atoms with Crippen molar-refractivity contribution in [1.29, 1.82) is 0 Å². The van der Waals surface area contributed by atoms with Crippen molar-refractivity contribution in [2.24, 2.45) is 0 Å². The molecule has 3 aromatic heterocycles. The first-order valence-corrected chi connectivity index (χ1v) is 11.6. The molecule has 1 saturated carbocycles. The molecule has 6 nitrogen and oxygen atoms in total. The lowest BCUT2D eigenvalue weighted by Crippen LogP contribution is -2.39. The summed E-state index contributed by atoms with van der Waals surface area (Å²) in [7, 11) is 0. The maximum atomic E-state index is 6.36. The average Bonchev–Trinajstić information content (AvgIpc) is 3.47. The first-order chi connectivity index (χ1) is 14.3. The van der Waals surface area contributed by atoms with E-state index in [1.54, 1.807) is 11.3 Å². The number of hydrogen-bond donors (Lipinski definition) is 1. The van der Waals surface area contributed by atoms with E-state index < -0.39 is 0 Å². The zero-order valence-corrected chi connectivity index (χ0v) is 17.4. The number of thiophene rings is 1. The lowest BCUT2D eigenvalue weighted by molar-refractivity contribution is -0.0395. The molecule has 0 spiro atoms. The summed E-state index contributed by atoms with van der Waals surface area (Å²) < 4.78 is 6.36. The van der Waals surface area contributed by atoms with Crippen molar-refractivity contribution in [1.82, 2.24) is 20.2 Å². The molecule has 152 valence electrons. The molecular formula is C22H27N5OS. The number of ether oxygens (including phenoxy) is 1. The van der Waals surface area contributed by atoms with Crippen molar-refractivity contribution in [3.63, 3.8) is 0 Å². The Kier molecular flexibility index (Phi) is 5.58. The molecule has 3 aromatic rings. The van der Waals surface area contributed by atoms with Crippen LogP contribution >= 0.6 is 11.3 Å². The number of pyridine rings is 1. The maximum Gasteiger partial charge on any atom is 0.182 e. The molecule has 5 rings (SSSR count). The van der Waals surface area contributed by atoms with Crippen LogP contribution in [0.5, 0.6) is 0 Å². The third-order valence-corrected chi connectivity index (χ3v) is 6.67. The van der Waals surface area contributed by atoms with Gasteiger partial charge in [0, 0.05) is 35.8 Å². The molecular weight excluding hydrogens is 382 g/mol. The predicted octanol–water partition coefficient (Wildman–Crippen LogP) is 4.91. The van der Waals surface area contributed by atoms with Crippen molar-refractivity contribution in [2.45, 2.75) is 57.2 Å². The van der Waals surface area contributed by atoms with Crippen LogP contribution in [0.1, 0.15) is 44.9 Å². The Morgan fingerprint density at radius 3 is 2.52 bits per heavy atom. The number of aromatic nitrogens is 4. The molecule has 1 N–H and O–H groups in total. The standard InChI is InChI=1S/C22H27N5OS/c1-2-4-18(5-3-1)28-19-8-11-27(12-9-19)20-7-6-16(14-23-20)21-24-22(26-25-21)17-10-13-29-15-17/h6-7,10,13-15,18-19H,1-5,8-9,11-12H2,(H,24,25,26). The number of rotatable bonds is 5. The van der Waals surface area contributed by atoms with Crippen LogP contribution in [0.4, 0.5) is 5.82 Å². The van der Waals surface area contributed by atoms with Crippen LogP contribution in [0.25, 0.3) is 22.8 Å². The Morgan fingerprint density at radius 2 is 1.79 bits per heavy atom. The van der Waals surface area contributed by atoms with Gasteiger partial charge in [-0.15, -0.1) is 0 Å². The van der Waals surface area contributed by atoms with Gasteiger partial charge in [0.15, 0.2) is 11.6 Å². The van der Waals surface area contributed by atoms with Crippen molar-refractivity contribution >= 4 is 17.2 Å². The van der Waals surface area contributed by atoms with E-state index >= 15 is 0 Å². The van der Waals surface area contributed by atoms with Crippen molar-refractivity contribution in [2.75, 3.05) is 18.0 Å². The van der Waals surface area contributed by atoms with Gasteiger partial charge < -0.3 is 9.64 Å². The van der Waals surface area contributed by atoms with E-state index in [4.69, 9.17) is 9.72 Å². The van der Waals surface area contributed by atoms with Crippen LogP contribution in [0.15, 0.2) is 35.2 Å². The zero-order chi connectivity index (χ0) is 19.5. The minimum Gasteiger partial charge on any atom is -0.375 e. The van der Waals surface area contributed by atoms with E-state index in [-0.39, 0.29) is 0 Å². The Morgan fingerprint density at radius 1 is 0.966 bits per heavy atom. The summed E-state index contributed by atoms with van der Waals surface area (Å²) in [4.78, 5) is 11.7. The van der Waals surface area contributed by atoms with Crippen LogP contribution in [0, 0.1) is 0 Å². The van der Waals surface area contributed by atoms with Crippen LogP contribution < -0.4 is 4.90 Å². The minimum absolute atomic E-state index is 0.415. The van der Waals surface area contributed by atoms with Gasteiger partial charge in [0.2, 0.25) is 0 Å². The molecule has 29 heavy (non-hydrogen) atoms. The summed E-state index contributed by atoms with van der Waals surface area (Å²) in [6.45, 7) is 2.02. The average molecular weight is 410 g/mol. The van der Waals surface area contributed by atoms with E-state index in [1.165, 1.54) is 32.1 Å². The summed E-state index contributed by atoms with van der Waals surface area (Å²) in [6.07, 6.45) is 11.5. The molecule has 0 aromatic carbocycles. The van der Waals surface area contributed by atoms with Crippen molar-refractivity contribution in [3.05, 3.63) is 35.2 Å². The van der Waals surface area contributed by atoms with E-state index in [0.717, 1.165) is 54.5 Å². The number of hydrogen-bond acceptors (Lipinski definition) is 6. The van der Waals surface area contributed by atoms with Gasteiger partial charge in [0.05, 0.1) is 12.2 Å². The quantitative estimate of drug-likeness (QED) is 0.648. The third-order valence-electron chi connectivity index (χ3n) is 5.99. The molecule has 0 unspecified atom stereocenters. The van der Waals surface area contributed by atoms with E-state index in [9.17, 15) is 0 Å². The van der Waals surface area contributed by atoms with Crippen molar-refractivity contribution < 1.29 is 4.74 Å². The normalized spacial score (nSPS) is 19.0. The highest BCUT2D eigenvalue weighted by Crippen LogP contribution is 2.27. The fourth-order valence-electron chi connectivity index (χ4n) is 4.32. The second-order valence-corrected chi connectivity index (χ2v) is 8.79. The lowest BCUT2D eigenvalue weighted by atomic mass is 9.97. The highest BCUT2D eigenvalue weighted by Gasteiger charge is 2.24. The lowest BCUT2D eigenvalue weighted by Gasteiger charge is -2.35. The zero-order valence-electron chi connectivity index (χ0n) is 16.6. The smallest absolute Gasteiger partial charge is 0.182 e. The Balaban J connectivity index is 1.18. The molecule has 0 amide bonds. The highest BCUT2D eigenvalue weighted by molar-refractivity contribution is 7.08. The van der Waals surface area contributed by atoms with Gasteiger partial charge in [0.1, 0.15) is 5.82 Å². The van der Waals surface area contributed by atoms with Gasteiger partial charge in [-0.2, -0.15) is 16.4 Å². The number of nitrogens with zero attached hydrogens (tertiary/aromatic N) is 4. The summed E-state index contributed by atoms with van der Waals surface area (Å²) >= 11 is 1.65. The number of nitrogens with one attached hydrogen (secondary N) is 1. The van der Waals surface area contributed by atoms with E-state index in [2.05, 4.69) is 37.6 Å². The molecule has 2 fully saturated rings. The summed E-state index contributed by atoms with van der Waals surface area (Å²) in [5.74, 6) is 2.51. The third kappa shape index (κ3) is 4.36. The molecule has 2 aliphatic rings. The van der Waals surface area contributed by atoms with Crippen LogP contribution in [-0.4, -0.2) is 45.5 Å². The van der Waals surface area contributed by atoms with Crippen LogP contribution in [0.2, 0.25) is 0 Å². The number of anilines is 1. The van der Waals surface area contributed by atoms with E-state index in [1.807, 2.05) is 17.6 Å². The van der Waals surface area contributed by atoms with Crippen LogP contribution in [-0.2, 0) is 4.74 Å². The molecule has 0 radical (unpaired) electrons. The Hall–Kier alpha value is -2.25. The second kappa shape index (κ2) is 8.63. The molecule has 1 aliphatic heterocycles. The number of piperidine rings is 1. The highest BCUT2D eigenvalue weighted by atomic mass is 32.1. The van der Waals surface area contributed by atoms with Gasteiger partial charge in [-0.3, -0.25) is 5.10 Å². The van der Waals surface area contributed by atoms with Crippen LogP contribution in [0.3, 0.4) is 0 Å². The number of aromatic amines is 1. The van der Waals surface area contributed by atoms with Gasteiger partial charge in [-0.1, -0.05) is 19.3 Å². The first-order valence-electron chi connectivity index (χ1n) is 10.7. The summed E-state index contributed by atoms with van der Waals surface area (Å²) in [5, 5.41) is 11.4. The molecule has 1 aliphatic carbocycles. The Labute approximate surface area is 175 Å². The molecule has 4 heterocycles. The molecule has 0 bridgehead atoms.